The molecule has 0 amide bonds. The van der Waals surface area contributed by atoms with Crippen LogP contribution in [-0.2, 0) is 11.2 Å². The smallest absolute Gasteiger partial charge is 0.320 e. The fraction of sp³-hybridized carbons (Fsp3) is 0.222. The number of nitro benzene ring substituents is 1. The molecule has 0 bridgehead atoms. The van der Waals surface area contributed by atoms with Gasteiger partial charge in [0.25, 0.3) is 0 Å². The molecule has 7 nitrogen and oxygen atoms in total. The summed E-state index contributed by atoms with van der Waals surface area (Å²) in [5.74, 6) is -3.57. The predicted molar refractivity (Wildman–Crippen MR) is 61.3 cm³/mol. The van der Waals surface area contributed by atoms with Gasteiger partial charge in [-0.15, -0.1) is 12.4 Å². The standard InChI is InChI=1S/C9H9FN2O5.ClH/c10-5-1-4(2-6(11)9(14)15)3-7(8(5)13)12(16)17;/h1,3,6,13H,2,11H2,(H,14,15);1H. The van der Waals surface area contributed by atoms with Crippen molar-refractivity contribution in [3.8, 4) is 5.75 Å². The summed E-state index contributed by atoms with van der Waals surface area (Å²) in [5, 5.41) is 28.1. The van der Waals surface area contributed by atoms with E-state index in [2.05, 4.69) is 0 Å². The molecule has 9 heteroatoms. The number of nitro groups is 1. The van der Waals surface area contributed by atoms with Crippen molar-refractivity contribution in [2.45, 2.75) is 12.5 Å². The van der Waals surface area contributed by atoms with Gasteiger partial charge in [0, 0.05) is 6.07 Å². The molecule has 100 valence electrons. The Morgan fingerprint density at radius 2 is 2.11 bits per heavy atom. The maximum absolute atomic E-state index is 13.1. The molecule has 0 fully saturated rings. The first-order chi connectivity index (χ1) is 7.82. The Labute approximate surface area is 107 Å². The van der Waals surface area contributed by atoms with E-state index in [4.69, 9.17) is 15.9 Å². The second-order valence-corrected chi connectivity index (χ2v) is 3.35. The molecule has 0 aliphatic rings. The Morgan fingerprint density at radius 1 is 1.56 bits per heavy atom. The molecule has 1 atom stereocenters. The molecule has 1 unspecified atom stereocenters. The molecule has 0 heterocycles. The van der Waals surface area contributed by atoms with Crippen LogP contribution in [0.15, 0.2) is 12.1 Å². The maximum atomic E-state index is 13.1. The van der Waals surface area contributed by atoms with Gasteiger partial charge < -0.3 is 15.9 Å². The first-order valence-electron chi connectivity index (χ1n) is 4.47. The number of aromatic hydroxyl groups is 1. The average Bonchev–Trinajstić information content (AvgIpc) is 2.22. The van der Waals surface area contributed by atoms with Crippen molar-refractivity contribution in [1.29, 1.82) is 0 Å². The van der Waals surface area contributed by atoms with Gasteiger partial charge in [-0.3, -0.25) is 14.9 Å². The molecule has 0 saturated carbocycles. The van der Waals surface area contributed by atoms with Gasteiger partial charge in [0.15, 0.2) is 5.82 Å². The number of nitrogens with two attached hydrogens (primary N) is 1. The molecule has 0 spiro atoms. The van der Waals surface area contributed by atoms with Gasteiger partial charge in [-0.05, 0) is 18.1 Å². The summed E-state index contributed by atoms with van der Waals surface area (Å²) >= 11 is 0. The number of halogens is 2. The fourth-order valence-corrected chi connectivity index (χ4v) is 1.24. The minimum atomic E-state index is -1.30. The molecular formula is C9H10ClFN2O5. The van der Waals surface area contributed by atoms with Crippen molar-refractivity contribution < 1.29 is 24.3 Å². The zero-order valence-electron chi connectivity index (χ0n) is 8.87. The zero-order chi connectivity index (χ0) is 13.2. The van der Waals surface area contributed by atoms with Gasteiger partial charge >= 0.3 is 11.7 Å². The summed E-state index contributed by atoms with van der Waals surface area (Å²) in [6.07, 6.45) is -0.270. The van der Waals surface area contributed by atoms with E-state index in [1.54, 1.807) is 0 Å². The SMILES string of the molecule is Cl.NC(Cc1cc(F)c(O)c([N+](=O)[O-])c1)C(=O)O. The topological polar surface area (TPSA) is 127 Å². The second-order valence-electron chi connectivity index (χ2n) is 3.35. The molecular weight excluding hydrogens is 271 g/mol. The first kappa shape index (κ1) is 16.1. The van der Waals surface area contributed by atoms with Gasteiger partial charge in [-0.1, -0.05) is 0 Å². The minimum absolute atomic E-state index is 0. The van der Waals surface area contributed by atoms with Crippen molar-refractivity contribution in [2.75, 3.05) is 0 Å². The number of hydrogen-bond donors (Lipinski definition) is 3. The Morgan fingerprint density at radius 3 is 2.56 bits per heavy atom. The lowest BCUT2D eigenvalue weighted by Gasteiger charge is -2.07. The molecule has 4 N–H and O–H groups in total. The number of benzene rings is 1. The highest BCUT2D eigenvalue weighted by molar-refractivity contribution is 5.85. The normalized spacial score (nSPS) is 11.4. The largest absolute Gasteiger partial charge is 0.500 e. The predicted octanol–water partition coefficient (Wildman–Crippen LogP) is 0.816. The summed E-state index contributed by atoms with van der Waals surface area (Å²) < 4.78 is 13.1. The van der Waals surface area contributed by atoms with Crippen LogP contribution >= 0.6 is 12.4 Å². The summed E-state index contributed by atoms with van der Waals surface area (Å²) in [5.41, 5.74) is 4.42. The lowest BCUT2D eigenvalue weighted by atomic mass is 10.1. The number of hydrogen-bond acceptors (Lipinski definition) is 5. The number of phenolic OH excluding ortho intramolecular Hbond substituents is 1. The summed E-state index contributed by atoms with van der Waals surface area (Å²) in [4.78, 5) is 20.0. The minimum Gasteiger partial charge on any atom is -0.500 e. The highest BCUT2D eigenvalue weighted by Crippen LogP contribution is 2.30. The molecule has 1 rings (SSSR count). The summed E-state index contributed by atoms with van der Waals surface area (Å²) in [6, 6.07) is 0.408. The van der Waals surface area contributed by atoms with Gasteiger partial charge in [0.1, 0.15) is 6.04 Å². The van der Waals surface area contributed by atoms with Gasteiger partial charge in [-0.2, -0.15) is 0 Å². The lowest BCUT2D eigenvalue weighted by molar-refractivity contribution is -0.386. The second kappa shape index (κ2) is 6.12. The highest BCUT2D eigenvalue weighted by atomic mass is 35.5. The van der Waals surface area contributed by atoms with Crippen LogP contribution in [0.2, 0.25) is 0 Å². The molecule has 0 aromatic heterocycles. The Kier molecular flexibility index (Phi) is 5.47. The van der Waals surface area contributed by atoms with Crippen molar-refractivity contribution >= 4 is 24.1 Å². The van der Waals surface area contributed by atoms with E-state index < -0.39 is 34.2 Å². The van der Waals surface area contributed by atoms with E-state index in [1.165, 1.54) is 0 Å². The molecule has 0 aliphatic carbocycles. The van der Waals surface area contributed by atoms with Crippen LogP contribution in [0.5, 0.6) is 5.75 Å². The molecule has 18 heavy (non-hydrogen) atoms. The number of aliphatic carboxylic acids is 1. The maximum Gasteiger partial charge on any atom is 0.320 e. The molecule has 0 saturated heterocycles. The van der Waals surface area contributed by atoms with Crippen molar-refractivity contribution in [1.82, 2.24) is 0 Å². The fourth-order valence-electron chi connectivity index (χ4n) is 1.24. The Bertz CT molecular complexity index is 482. The Hall–Kier alpha value is -1.93. The molecule has 0 aliphatic heterocycles. The average molecular weight is 281 g/mol. The van der Waals surface area contributed by atoms with Crippen LogP contribution in [0.4, 0.5) is 10.1 Å². The molecule has 0 radical (unpaired) electrons. The first-order valence-corrected chi connectivity index (χ1v) is 4.47. The zero-order valence-corrected chi connectivity index (χ0v) is 9.69. The number of rotatable bonds is 4. The van der Waals surface area contributed by atoms with Gasteiger partial charge in [0.2, 0.25) is 5.75 Å². The van der Waals surface area contributed by atoms with E-state index in [-0.39, 0.29) is 24.4 Å². The number of carbonyl (C=O) groups is 1. The third-order valence-corrected chi connectivity index (χ3v) is 2.07. The van der Waals surface area contributed by atoms with Crippen LogP contribution in [0.25, 0.3) is 0 Å². The van der Waals surface area contributed by atoms with Gasteiger partial charge in [-0.25, -0.2) is 4.39 Å². The lowest BCUT2D eigenvalue weighted by Crippen LogP contribution is -2.32. The van der Waals surface area contributed by atoms with Crippen molar-refractivity contribution in [2.24, 2.45) is 5.73 Å². The highest BCUT2D eigenvalue weighted by Gasteiger charge is 2.21. The number of nitrogens with zero attached hydrogens (tertiary/aromatic N) is 1. The van der Waals surface area contributed by atoms with Crippen LogP contribution in [-0.4, -0.2) is 27.1 Å². The third kappa shape index (κ3) is 3.54. The van der Waals surface area contributed by atoms with Crippen LogP contribution < -0.4 is 5.73 Å². The third-order valence-electron chi connectivity index (χ3n) is 2.07. The monoisotopic (exact) mass is 280 g/mol. The van der Waals surface area contributed by atoms with E-state index in [0.717, 1.165) is 12.1 Å². The van der Waals surface area contributed by atoms with E-state index >= 15 is 0 Å². The van der Waals surface area contributed by atoms with E-state index in [9.17, 15) is 19.3 Å². The number of carboxylic acids is 1. The number of carboxylic acid groups (broad SMARTS) is 1. The summed E-state index contributed by atoms with van der Waals surface area (Å²) in [6.45, 7) is 0. The van der Waals surface area contributed by atoms with Crippen LogP contribution in [0, 0.1) is 15.9 Å². The van der Waals surface area contributed by atoms with Crippen molar-refractivity contribution in [3.63, 3.8) is 0 Å². The summed E-state index contributed by atoms with van der Waals surface area (Å²) in [7, 11) is 0. The Balaban J connectivity index is 0.00000289. The van der Waals surface area contributed by atoms with Crippen LogP contribution in [0.3, 0.4) is 0 Å². The van der Waals surface area contributed by atoms with E-state index in [0.29, 0.717) is 0 Å². The number of phenols is 1. The molecule has 1 aromatic rings. The van der Waals surface area contributed by atoms with Crippen LogP contribution in [0.1, 0.15) is 5.56 Å². The van der Waals surface area contributed by atoms with E-state index in [1.807, 2.05) is 0 Å². The van der Waals surface area contributed by atoms with Crippen molar-refractivity contribution in [3.05, 3.63) is 33.6 Å². The van der Waals surface area contributed by atoms with Gasteiger partial charge in [0.05, 0.1) is 4.92 Å². The molecule has 1 aromatic carbocycles. The quantitative estimate of drug-likeness (QED) is 0.553.